The first-order chi connectivity index (χ1) is 15.5. The van der Waals surface area contributed by atoms with Crippen LogP contribution in [0.15, 0.2) is 77.8 Å². The molecular formula is C25H25N3O3S. The van der Waals surface area contributed by atoms with Crippen LogP contribution in [-0.2, 0) is 23.0 Å². The Kier molecular flexibility index (Phi) is 5.53. The molecule has 1 fully saturated rings. The lowest BCUT2D eigenvalue weighted by atomic mass is 10.1. The van der Waals surface area contributed by atoms with Gasteiger partial charge in [0.05, 0.1) is 23.2 Å². The minimum absolute atomic E-state index is 0.0174. The number of sulfonamides is 1. The van der Waals surface area contributed by atoms with Gasteiger partial charge < -0.3 is 5.32 Å². The number of carbonyl (C=O) groups is 1. The van der Waals surface area contributed by atoms with Crippen molar-refractivity contribution in [2.75, 3.05) is 0 Å². The molecule has 3 aromatic rings. The average Bonchev–Trinajstić information content (AvgIpc) is 3.59. The van der Waals surface area contributed by atoms with Gasteiger partial charge in [-0.05, 0) is 73.2 Å². The van der Waals surface area contributed by atoms with E-state index in [0.29, 0.717) is 5.56 Å². The topological polar surface area (TPSA) is 79.4 Å². The van der Waals surface area contributed by atoms with Gasteiger partial charge in [-0.15, -0.1) is 0 Å². The van der Waals surface area contributed by atoms with Gasteiger partial charge in [0.25, 0.3) is 5.91 Å². The molecule has 164 valence electrons. The molecule has 0 aliphatic heterocycles. The molecule has 1 amide bonds. The SMILES string of the molecule is O=C(NC1CCc2ccc(S(=O)(=O)N(Cc3ccccn3)C3CC3)cc21)c1ccccc1. The van der Waals surface area contributed by atoms with E-state index in [0.717, 1.165) is 42.5 Å². The fraction of sp³-hybridized carbons (Fsp3) is 0.280. The van der Waals surface area contributed by atoms with Crippen molar-refractivity contribution in [3.8, 4) is 0 Å². The van der Waals surface area contributed by atoms with Crippen molar-refractivity contribution in [3.63, 3.8) is 0 Å². The predicted octanol–water partition coefficient (Wildman–Crippen LogP) is 3.85. The van der Waals surface area contributed by atoms with E-state index >= 15 is 0 Å². The van der Waals surface area contributed by atoms with E-state index in [1.165, 1.54) is 0 Å². The van der Waals surface area contributed by atoms with Crippen LogP contribution in [0.2, 0.25) is 0 Å². The summed E-state index contributed by atoms with van der Waals surface area (Å²) in [6.07, 6.45) is 5.00. The summed E-state index contributed by atoms with van der Waals surface area (Å²) in [7, 11) is -3.68. The van der Waals surface area contributed by atoms with Gasteiger partial charge in [-0.3, -0.25) is 9.78 Å². The van der Waals surface area contributed by atoms with Gasteiger partial charge in [-0.1, -0.05) is 30.3 Å². The normalized spacial score (nSPS) is 17.8. The van der Waals surface area contributed by atoms with Crippen molar-refractivity contribution in [2.45, 2.75) is 49.2 Å². The summed E-state index contributed by atoms with van der Waals surface area (Å²) >= 11 is 0. The number of aromatic nitrogens is 1. The number of nitrogens with zero attached hydrogens (tertiary/aromatic N) is 2. The molecule has 2 aliphatic rings. The molecule has 1 unspecified atom stereocenters. The highest BCUT2D eigenvalue weighted by molar-refractivity contribution is 7.89. The molecular weight excluding hydrogens is 422 g/mol. The molecule has 2 aliphatic carbocycles. The van der Waals surface area contributed by atoms with Crippen LogP contribution in [0.5, 0.6) is 0 Å². The third-order valence-corrected chi connectivity index (χ3v) is 8.04. The van der Waals surface area contributed by atoms with Gasteiger partial charge in [0.1, 0.15) is 0 Å². The highest BCUT2D eigenvalue weighted by Crippen LogP contribution is 2.37. The third kappa shape index (κ3) is 4.18. The molecule has 2 aromatic carbocycles. The molecule has 1 saturated carbocycles. The van der Waals surface area contributed by atoms with Gasteiger partial charge in [-0.2, -0.15) is 4.31 Å². The minimum Gasteiger partial charge on any atom is -0.345 e. The number of hydrogen-bond acceptors (Lipinski definition) is 4. The lowest BCUT2D eigenvalue weighted by Crippen LogP contribution is -2.33. The Morgan fingerprint density at radius 2 is 1.78 bits per heavy atom. The number of hydrogen-bond donors (Lipinski definition) is 1. The lowest BCUT2D eigenvalue weighted by Gasteiger charge is -2.22. The zero-order valence-corrected chi connectivity index (χ0v) is 18.5. The van der Waals surface area contributed by atoms with E-state index in [2.05, 4.69) is 10.3 Å². The number of carbonyl (C=O) groups excluding carboxylic acids is 1. The highest BCUT2D eigenvalue weighted by atomic mass is 32.2. The first-order valence-corrected chi connectivity index (χ1v) is 12.4. The van der Waals surface area contributed by atoms with Crippen LogP contribution in [0.25, 0.3) is 0 Å². The Hall–Kier alpha value is -3.03. The van der Waals surface area contributed by atoms with Crippen LogP contribution in [-0.4, -0.2) is 29.7 Å². The van der Waals surface area contributed by atoms with E-state index in [4.69, 9.17) is 0 Å². The molecule has 1 heterocycles. The zero-order chi connectivity index (χ0) is 22.1. The van der Waals surface area contributed by atoms with E-state index in [9.17, 15) is 13.2 Å². The number of nitrogens with one attached hydrogen (secondary N) is 1. The Morgan fingerprint density at radius 3 is 2.50 bits per heavy atom. The highest BCUT2D eigenvalue weighted by Gasteiger charge is 2.39. The summed E-state index contributed by atoms with van der Waals surface area (Å²) in [5, 5.41) is 3.08. The fourth-order valence-electron chi connectivity index (χ4n) is 4.28. The number of amides is 1. The van der Waals surface area contributed by atoms with Crippen LogP contribution in [0.4, 0.5) is 0 Å². The third-order valence-electron chi connectivity index (χ3n) is 6.14. The number of rotatable bonds is 7. The molecule has 0 radical (unpaired) electrons. The summed E-state index contributed by atoms with van der Waals surface area (Å²) in [6, 6.07) is 19.8. The van der Waals surface area contributed by atoms with Crippen LogP contribution in [0.1, 0.15) is 52.5 Å². The predicted molar refractivity (Wildman–Crippen MR) is 121 cm³/mol. The van der Waals surface area contributed by atoms with Gasteiger partial charge in [-0.25, -0.2) is 8.42 Å². The van der Waals surface area contributed by atoms with E-state index < -0.39 is 10.0 Å². The molecule has 1 N–H and O–H groups in total. The standard InChI is InChI=1S/C25H25N3O3S/c29-25(19-6-2-1-3-7-19)27-24-14-10-18-9-13-22(16-23(18)24)32(30,31)28(21-11-12-21)17-20-8-4-5-15-26-20/h1-9,13,15-16,21,24H,10-12,14,17H2,(H,27,29). The average molecular weight is 448 g/mol. The number of aryl methyl sites for hydroxylation is 1. The molecule has 0 saturated heterocycles. The maximum absolute atomic E-state index is 13.6. The molecule has 7 heteroatoms. The van der Waals surface area contributed by atoms with Crippen molar-refractivity contribution in [1.82, 2.24) is 14.6 Å². The van der Waals surface area contributed by atoms with Gasteiger partial charge in [0.15, 0.2) is 0 Å². The van der Waals surface area contributed by atoms with Gasteiger partial charge in [0, 0.05) is 17.8 Å². The monoisotopic (exact) mass is 447 g/mol. The van der Waals surface area contributed by atoms with Gasteiger partial charge in [0.2, 0.25) is 10.0 Å². The summed E-state index contributed by atoms with van der Waals surface area (Å²) in [5.74, 6) is -0.147. The molecule has 32 heavy (non-hydrogen) atoms. The van der Waals surface area contributed by atoms with Gasteiger partial charge >= 0.3 is 0 Å². The second kappa shape index (κ2) is 8.48. The number of benzene rings is 2. The van der Waals surface area contributed by atoms with E-state index in [1.807, 2.05) is 42.5 Å². The van der Waals surface area contributed by atoms with Crippen molar-refractivity contribution >= 4 is 15.9 Å². The lowest BCUT2D eigenvalue weighted by molar-refractivity contribution is 0.0936. The van der Waals surface area contributed by atoms with Crippen LogP contribution in [0, 0.1) is 0 Å². The smallest absolute Gasteiger partial charge is 0.251 e. The Morgan fingerprint density at radius 1 is 1.00 bits per heavy atom. The molecule has 1 aromatic heterocycles. The second-order valence-corrected chi connectivity index (χ2v) is 10.3. The van der Waals surface area contributed by atoms with E-state index in [1.54, 1.807) is 34.8 Å². The van der Waals surface area contributed by atoms with Crippen LogP contribution < -0.4 is 5.32 Å². The van der Waals surface area contributed by atoms with Crippen LogP contribution in [0.3, 0.4) is 0 Å². The quantitative estimate of drug-likeness (QED) is 0.597. The van der Waals surface area contributed by atoms with Crippen molar-refractivity contribution in [1.29, 1.82) is 0 Å². The number of pyridine rings is 1. The second-order valence-electron chi connectivity index (χ2n) is 8.39. The summed E-state index contributed by atoms with van der Waals surface area (Å²) < 4.78 is 28.7. The Bertz CT molecular complexity index is 1230. The molecule has 0 bridgehead atoms. The Balaban J connectivity index is 1.41. The summed E-state index contributed by atoms with van der Waals surface area (Å²) in [6.45, 7) is 0.263. The van der Waals surface area contributed by atoms with Crippen molar-refractivity contribution < 1.29 is 13.2 Å². The van der Waals surface area contributed by atoms with Crippen molar-refractivity contribution in [2.24, 2.45) is 0 Å². The molecule has 0 spiro atoms. The number of fused-ring (bicyclic) bond motifs is 1. The minimum atomic E-state index is -3.68. The fourth-order valence-corrected chi connectivity index (χ4v) is 5.97. The summed E-state index contributed by atoms with van der Waals surface area (Å²) in [5.41, 5.74) is 3.31. The summed E-state index contributed by atoms with van der Waals surface area (Å²) in [4.78, 5) is 17.2. The Labute approximate surface area is 188 Å². The first kappa shape index (κ1) is 20.8. The molecule has 5 rings (SSSR count). The van der Waals surface area contributed by atoms with E-state index in [-0.39, 0.29) is 29.4 Å². The first-order valence-electron chi connectivity index (χ1n) is 10.9. The maximum atomic E-state index is 13.6. The molecule has 6 nitrogen and oxygen atoms in total. The van der Waals surface area contributed by atoms with Crippen LogP contribution >= 0.6 is 0 Å². The maximum Gasteiger partial charge on any atom is 0.251 e. The molecule has 1 atom stereocenters. The largest absolute Gasteiger partial charge is 0.345 e. The zero-order valence-electron chi connectivity index (χ0n) is 17.6. The van der Waals surface area contributed by atoms with Crippen molar-refractivity contribution in [3.05, 3.63) is 95.3 Å².